The van der Waals surface area contributed by atoms with Crippen LogP contribution < -0.4 is 10.1 Å². The first-order valence-corrected chi connectivity index (χ1v) is 5.53. The lowest BCUT2D eigenvalue weighted by atomic mass is 9.64. The van der Waals surface area contributed by atoms with E-state index < -0.39 is 0 Å². The first-order chi connectivity index (χ1) is 7.14. The van der Waals surface area contributed by atoms with Gasteiger partial charge in [-0.25, -0.2) is 0 Å². The minimum atomic E-state index is 0.227. The van der Waals surface area contributed by atoms with Crippen LogP contribution in [-0.4, -0.2) is 19.2 Å². The molecule has 0 heterocycles. The van der Waals surface area contributed by atoms with Crippen molar-refractivity contribution in [2.45, 2.75) is 32.4 Å². The third-order valence-electron chi connectivity index (χ3n) is 3.55. The zero-order valence-electron chi connectivity index (χ0n) is 9.66. The number of hydrogen-bond donors (Lipinski definition) is 1. The summed E-state index contributed by atoms with van der Waals surface area (Å²) in [5.74, 6) is 0.977. The van der Waals surface area contributed by atoms with Gasteiger partial charge in [0, 0.05) is 17.9 Å². The summed E-state index contributed by atoms with van der Waals surface area (Å²) in [6.45, 7) is 4.51. The van der Waals surface area contributed by atoms with E-state index >= 15 is 0 Å². The van der Waals surface area contributed by atoms with E-state index in [1.54, 1.807) is 0 Å². The largest absolute Gasteiger partial charge is 0.490 e. The fourth-order valence-electron chi connectivity index (χ4n) is 2.24. The Labute approximate surface area is 91.6 Å². The quantitative estimate of drug-likeness (QED) is 0.818. The Balaban J connectivity index is 1.99. The van der Waals surface area contributed by atoms with Crippen molar-refractivity contribution in [2.75, 3.05) is 7.05 Å². The predicted octanol–water partition coefficient (Wildman–Crippen LogP) is 2.45. The average Bonchev–Trinajstić information content (AvgIpc) is 2.25. The maximum atomic E-state index is 5.96. The van der Waals surface area contributed by atoms with Crippen molar-refractivity contribution in [1.82, 2.24) is 5.32 Å². The fraction of sp³-hybridized carbons (Fsp3) is 0.538. The topological polar surface area (TPSA) is 21.3 Å². The summed E-state index contributed by atoms with van der Waals surface area (Å²) in [4.78, 5) is 0. The standard InChI is InChI=1S/C13H19NO/c1-13(2)11(14-3)9-12(13)15-10-7-5-4-6-8-10/h4-8,11-12,14H,9H2,1-3H3/t11-,12-/m0/s1. The number of rotatable bonds is 3. The third-order valence-corrected chi connectivity index (χ3v) is 3.55. The molecule has 2 rings (SSSR count). The van der Waals surface area contributed by atoms with Crippen LogP contribution in [0.4, 0.5) is 0 Å². The molecule has 0 amide bonds. The van der Waals surface area contributed by atoms with Crippen molar-refractivity contribution in [2.24, 2.45) is 5.41 Å². The Kier molecular flexibility index (Phi) is 2.70. The molecule has 2 nitrogen and oxygen atoms in total. The molecule has 0 bridgehead atoms. The van der Waals surface area contributed by atoms with Crippen molar-refractivity contribution in [1.29, 1.82) is 0 Å². The van der Waals surface area contributed by atoms with Gasteiger partial charge in [0.15, 0.2) is 0 Å². The first kappa shape index (κ1) is 10.5. The van der Waals surface area contributed by atoms with Crippen LogP contribution in [0.1, 0.15) is 20.3 Å². The molecule has 1 aliphatic carbocycles. The van der Waals surface area contributed by atoms with Crippen LogP contribution in [0.2, 0.25) is 0 Å². The van der Waals surface area contributed by atoms with Crippen molar-refractivity contribution < 1.29 is 4.74 Å². The molecule has 2 heteroatoms. The van der Waals surface area contributed by atoms with Gasteiger partial charge in [0.25, 0.3) is 0 Å². The number of ether oxygens (including phenoxy) is 1. The van der Waals surface area contributed by atoms with Gasteiger partial charge in [0.05, 0.1) is 0 Å². The second kappa shape index (κ2) is 3.86. The van der Waals surface area contributed by atoms with Gasteiger partial charge in [-0.05, 0) is 19.2 Å². The first-order valence-electron chi connectivity index (χ1n) is 5.53. The number of benzene rings is 1. The molecule has 0 radical (unpaired) electrons. The number of nitrogens with one attached hydrogen (secondary N) is 1. The maximum Gasteiger partial charge on any atom is 0.119 e. The molecular formula is C13H19NO. The maximum absolute atomic E-state index is 5.96. The highest BCUT2D eigenvalue weighted by Gasteiger charge is 2.49. The van der Waals surface area contributed by atoms with E-state index in [4.69, 9.17) is 4.74 Å². The highest BCUT2D eigenvalue weighted by Crippen LogP contribution is 2.42. The van der Waals surface area contributed by atoms with Crippen LogP contribution >= 0.6 is 0 Å². The van der Waals surface area contributed by atoms with E-state index in [-0.39, 0.29) is 5.41 Å². The molecule has 15 heavy (non-hydrogen) atoms. The summed E-state index contributed by atoms with van der Waals surface area (Å²) in [6, 6.07) is 10.6. The van der Waals surface area contributed by atoms with Crippen molar-refractivity contribution in [3.05, 3.63) is 30.3 Å². The van der Waals surface area contributed by atoms with Crippen LogP contribution in [0.15, 0.2) is 30.3 Å². The van der Waals surface area contributed by atoms with Gasteiger partial charge < -0.3 is 10.1 Å². The molecular weight excluding hydrogens is 186 g/mol. The van der Waals surface area contributed by atoms with Crippen molar-refractivity contribution in [3.63, 3.8) is 0 Å². The molecule has 2 atom stereocenters. The van der Waals surface area contributed by atoms with E-state index in [2.05, 4.69) is 19.2 Å². The number of hydrogen-bond acceptors (Lipinski definition) is 2. The smallest absolute Gasteiger partial charge is 0.119 e. The Hall–Kier alpha value is -1.02. The SMILES string of the molecule is CN[C@H]1C[C@H](Oc2ccccc2)C1(C)C. The molecule has 1 fully saturated rings. The van der Waals surface area contributed by atoms with Crippen LogP contribution in [0.5, 0.6) is 5.75 Å². The van der Waals surface area contributed by atoms with Crippen LogP contribution in [-0.2, 0) is 0 Å². The highest BCUT2D eigenvalue weighted by molar-refractivity contribution is 5.22. The molecule has 1 aliphatic rings. The van der Waals surface area contributed by atoms with Crippen molar-refractivity contribution >= 4 is 0 Å². The van der Waals surface area contributed by atoms with Crippen LogP contribution in [0.25, 0.3) is 0 Å². The molecule has 0 unspecified atom stereocenters. The van der Waals surface area contributed by atoms with E-state index in [1.165, 1.54) is 0 Å². The van der Waals surface area contributed by atoms with Gasteiger partial charge in [-0.1, -0.05) is 32.0 Å². The van der Waals surface area contributed by atoms with E-state index in [0.29, 0.717) is 12.1 Å². The molecule has 0 aliphatic heterocycles. The Morgan fingerprint density at radius 3 is 2.47 bits per heavy atom. The second-order valence-electron chi connectivity index (χ2n) is 4.82. The van der Waals surface area contributed by atoms with Gasteiger partial charge in [-0.15, -0.1) is 0 Å². The lowest BCUT2D eigenvalue weighted by molar-refractivity contribution is -0.0520. The van der Waals surface area contributed by atoms with Gasteiger partial charge in [-0.2, -0.15) is 0 Å². The molecule has 0 saturated heterocycles. The van der Waals surface area contributed by atoms with Gasteiger partial charge in [-0.3, -0.25) is 0 Å². The highest BCUT2D eigenvalue weighted by atomic mass is 16.5. The minimum Gasteiger partial charge on any atom is -0.490 e. The molecule has 0 spiro atoms. The van der Waals surface area contributed by atoms with Crippen LogP contribution in [0, 0.1) is 5.41 Å². The van der Waals surface area contributed by atoms with E-state index in [9.17, 15) is 0 Å². The molecule has 0 aromatic heterocycles. The molecule has 1 N–H and O–H groups in total. The Bertz CT molecular complexity index is 321. The predicted molar refractivity (Wildman–Crippen MR) is 62.1 cm³/mol. The molecule has 82 valence electrons. The molecule has 1 aromatic rings. The normalized spacial score (nSPS) is 28.2. The van der Waals surface area contributed by atoms with E-state index in [0.717, 1.165) is 12.2 Å². The van der Waals surface area contributed by atoms with Crippen LogP contribution in [0.3, 0.4) is 0 Å². The van der Waals surface area contributed by atoms with E-state index in [1.807, 2.05) is 37.4 Å². The zero-order chi connectivity index (χ0) is 10.9. The van der Waals surface area contributed by atoms with Gasteiger partial charge >= 0.3 is 0 Å². The fourth-order valence-corrected chi connectivity index (χ4v) is 2.24. The third kappa shape index (κ3) is 1.86. The average molecular weight is 205 g/mol. The summed E-state index contributed by atoms with van der Waals surface area (Å²) in [6.07, 6.45) is 1.43. The summed E-state index contributed by atoms with van der Waals surface area (Å²) in [5.41, 5.74) is 0.227. The second-order valence-corrected chi connectivity index (χ2v) is 4.82. The lowest BCUT2D eigenvalue weighted by Gasteiger charge is -2.51. The summed E-state index contributed by atoms with van der Waals surface area (Å²) in [5, 5.41) is 3.33. The summed E-state index contributed by atoms with van der Waals surface area (Å²) in [7, 11) is 2.02. The molecule has 1 saturated carbocycles. The van der Waals surface area contributed by atoms with Gasteiger partial charge in [0.2, 0.25) is 0 Å². The summed E-state index contributed by atoms with van der Waals surface area (Å²) < 4.78 is 5.96. The monoisotopic (exact) mass is 205 g/mol. The Morgan fingerprint density at radius 1 is 1.27 bits per heavy atom. The van der Waals surface area contributed by atoms with Crippen molar-refractivity contribution in [3.8, 4) is 5.75 Å². The van der Waals surface area contributed by atoms with Gasteiger partial charge in [0.1, 0.15) is 11.9 Å². The zero-order valence-corrected chi connectivity index (χ0v) is 9.66. The molecule has 1 aromatic carbocycles. The minimum absolute atomic E-state index is 0.227. The Morgan fingerprint density at radius 2 is 1.93 bits per heavy atom. The number of para-hydroxylation sites is 1. The summed E-state index contributed by atoms with van der Waals surface area (Å²) >= 11 is 0. The lowest BCUT2D eigenvalue weighted by Crippen LogP contribution is -2.61.